The number of thiophene rings is 1. The number of ether oxygens (including phenoxy) is 1. The summed E-state index contributed by atoms with van der Waals surface area (Å²) >= 11 is 5.27. The predicted octanol–water partition coefficient (Wildman–Crippen LogP) is 5.24. The third-order valence-electron chi connectivity index (χ3n) is 2.65. The molecule has 0 saturated carbocycles. The van der Waals surface area contributed by atoms with E-state index in [2.05, 4.69) is 40.2 Å². The molecule has 0 spiro atoms. The van der Waals surface area contributed by atoms with E-state index >= 15 is 0 Å². The fourth-order valence-corrected chi connectivity index (χ4v) is 3.15. The summed E-state index contributed by atoms with van der Waals surface area (Å²) in [6.07, 6.45) is 0. The van der Waals surface area contributed by atoms with Gasteiger partial charge in [0, 0.05) is 14.0 Å². The van der Waals surface area contributed by atoms with Gasteiger partial charge in [0.2, 0.25) is 0 Å². The lowest BCUT2D eigenvalue weighted by molar-refractivity contribution is 0.310. The van der Waals surface area contributed by atoms with Crippen LogP contribution in [0.2, 0.25) is 0 Å². The first kappa shape index (κ1) is 11.8. The Balaban J connectivity index is 1.79. The molecule has 0 fully saturated rings. The summed E-state index contributed by atoms with van der Waals surface area (Å²) in [5.74, 6) is 0.913. The maximum atomic E-state index is 5.75. The molecule has 0 atom stereocenters. The van der Waals surface area contributed by atoms with Crippen molar-refractivity contribution in [3.05, 3.63) is 63.9 Å². The van der Waals surface area contributed by atoms with Crippen molar-refractivity contribution in [3.63, 3.8) is 0 Å². The zero-order valence-electron chi connectivity index (χ0n) is 9.60. The molecule has 0 aliphatic heterocycles. The molecule has 0 amide bonds. The second-order valence-corrected chi connectivity index (χ2v) is 6.08. The zero-order chi connectivity index (χ0) is 12.4. The SMILES string of the molecule is Brc1ccc2sc(COc3ccccc3)cc2c1. The smallest absolute Gasteiger partial charge is 0.122 e. The van der Waals surface area contributed by atoms with Crippen molar-refractivity contribution < 1.29 is 4.74 Å². The molecule has 0 aliphatic carbocycles. The molecular formula is C15H11BrOS. The summed E-state index contributed by atoms with van der Waals surface area (Å²) in [6.45, 7) is 0.626. The average Bonchev–Trinajstić information content (AvgIpc) is 2.79. The topological polar surface area (TPSA) is 9.23 Å². The largest absolute Gasteiger partial charge is 0.488 e. The summed E-state index contributed by atoms with van der Waals surface area (Å²) in [5, 5.41) is 1.26. The summed E-state index contributed by atoms with van der Waals surface area (Å²) in [6, 6.07) is 18.4. The number of hydrogen-bond acceptors (Lipinski definition) is 2. The third-order valence-corrected chi connectivity index (χ3v) is 4.24. The van der Waals surface area contributed by atoms with Gasteiger partial charge in [-0.2, -0.15) is 0 Å². The molecule has 0 unspecified atom stereocenters. The highest BCUT2D eigenvalue weighted by molar-refractivity contribution is 9.10. The second kappa shape index (κ2) is 5.12. The first-order chi connectivity index (χ1) is 8.81. The first-order valence-corrected chi connectivity index (χ1v) is 7.28. The van der Waals surface area contributed by atoms with Gasteiger partial charge in [-0.25, -0.2) is 0 Å². The van der Waals surface area contributed by atoms with Crippen LogP contribution in [0, 0.1) is 0 Å². The van der Waals surface area contributed by atoms with E-state index < -0.39 is 0 Å². The van der Waals surface area contributed by atoms with E-state index in [0.29, 0.717) is 6.61 Å². The molecule has 0 aliphatic rings. The minimum Gasteiger partial charge on any atom is -0.488 e. The van der Waals surface area contributed by atoms with E-state index in [1.54, 1.807) is 11.3 Å². The Hall–Kier alpha value is -1.32. The number of fused-ring (bicyclic) bond motifs is 1. The van der Waals surface area contributed by atoms with Gasteiger partial charge in [-0.15, -0.1) is 11.3 Å². The maximum absolute atomic E-state index is 5.75. The van der Waals surface area contributed by atoms with Gasteiger partial charge in [0.05, 0.1) is 0 Å². The number of halogens is 1. The van der Waals surface area contributed by atoms with Crippen molar-refractivity contribution in [2.24, 2.45) is 0 Å². The molecule has 1 nitrogen and oxygen atoms in total. The van der Waals surface area contributed by atoms with Gasteiger partial charge in [-0.05, 0) is 41.8 Å². The predicted molar refractivity (Wildman–Crippen MR) is 80.3 cm³/mol. The Morgan fingerprint density at radius 1 is 1.00 bits per heavy atom. The first-order valence-electron chi connectivity index (χ1n) is 5.67. The Bertz CT molecular complexity index is 661. The highest BCUT2D eigenvalue weighted by Gasteiger charge is 2.03. The van der Waals surface area contributed by atoms with Crippen LogP contribution >= 0.6 is 27.3 Å². The van der Waals surface area contributed by atoms with E-state index in [4.69, 9.17) is 4.74 Å². The molecule has 18 heavy (non-hydrogen) atoms. The molecule has 0 saturated heterocycles. The number of benzene rings is 2. The number of para-hydroxylation sites is 1. The minimum atomic E-state index is 0.626. The summed E-state index contributed by atoms with van der Waals surface area (Å²) in [4.78, 5) is 1.24. The fourth-order valence-electron chi connectivity index (χ4n) is 1.81. The van der Waals surface area contributed by atoms with Gasteiger partial charge in [0.1, 0.15) is 12.4 Å². The minimum absolute atomic E-state index is 0.626. The Morgan fingerprint density at radius 3 is 2.67 bits per heavy atom. The Kier molecular flexibility index (Phi) is 3.35. The van der Waals surface area contributed by atoms with Gasteiger partial charge in [-0.1, -0.05) is 34.1 Å². The molecule has 0 radical (unpaired) electrons. The standard InChI is InChI=1S/C15H11BrOS/c16-12-6-7-15-11(8-12)9-14(18-15)10-17-13-4-2-1-3-5-13/h1-9H,10H2. The van der Waals surface area contributed by atoms with Gasteiger partial charge in [-0.3, -0.25) is 0 Å². The quantitative estimate of drug-likeness (QED) is 0.641. The van der Waals surface area contributed by atoms with E-state index in [1.165, 1.54) is 15.0 Å². The van der Waals surface area contributed by atoms with Crippen LogP contribution in [0.15, 0.2) is 59.1 Å². The van der Waals surface area contributed by atoms with Crippen LogP contribution < -0.4 is 4.74 Å². The highest BCUT2D eigenvalue weighted by Crippen LogP contribution is 2.28. The summed E-state index contributed by atoms with van der Waals surface area (Å²) < 4.78 is 8.16. The van der Waals surface area contributed by atoms with Crippen molar-refractivity contribution in [3.8, 4) is 5.75 Å². The molecule has 0 N–H and O–H groups in total. The molecule has 1 aromatic heterocycles. The molecule has 0 bridgehead atoms. The number of hydrogen-bond donors (Lipinski definition) is 0. The van der Waals surface area contributed by atoms with Crippen LogP contribution in [0.4, 0.5) is 0 Å². The van der Waals surface area contributed by atoms with Gasteiger partial charge in [0.15, 0.2) is 0 Å². The van der Waals surface area contributed by atoms with E-state index in [0.717, 1.165) is 10.2 Å². The number of rotatable bonds is 3. The Labute approximate surface area is 118 Å². The van der Waals surface area contributed by atoms with Crippen molar-refractivity contribution in [1.82, 2.24) is 0 Å². The van der Waals surface area contributed by atoms with E-state index in [-0.39, 0.29) is 0 Å². The summed E-state index contributed by atoms with van der Waals surface area (Å²) in [7, 11) is 0. The Morgan fingerprint density at radius 2 is 1.83 bits per heavy atom. The fraction of sp³-hybridized carbons (Fsp3) is 0.0667. The van der Waals surface area contributed by atoms with Crippen LogP contribution in [0.1, 0.15) is 4.88 Å². The van der Waals surface area contributed by atoms with Crippen molar-refractivity contribution >= 4 is 37.4 Å². The lowest BCUT2D eigenvalue weighted by Gasteiger charge is -2.02. The van der Waals surface area contributed by atoms with Crippen molar-refractivity contribution in [2.45, 2.75) is 6.61 Å². The molecule has 2 aromatic carbocycles. The summed E-state index contributed by atoms with van der Waals surface area (Å²) in [5.41, 5.74) is 0. The maximum Gasteiger partial charge on any atom is 0.122 e. The average molecular weight is 319 g/mol. The van der Waals surface area contributed by atoms with Crippen LogP contribution in [-0.4, -0.2) is 0 Å². The molecule has 3 heteroatoms. The zero-order valence-corrected chi connectivity index (χ0v) is 12.0. The lowest BCUT2D eigenvalue weighted by atomic mass is 10.2. The third kappa shape index (κ3) is 2.57. The van der Waals surface area contributed by atoms with Crippen molar-refractivity contribution in [1.29, 1.82) is 0 Å². The van der Waals surface area contributed by atoms with Gasteiger partial charge < -0.3 is 4.74 Å². The van der Waals surface area contributed by atoms with Crippen LogP contribution in [0.5, 0.6) is 5.75 Å². The van der Waals surface area contributed by atoms with Crippen LogP contribution in [0.3, 0.4) is 0 Å². The second-order valence-electron chi connectivity index (χ2n) is 4.00. The van der Waals surface area contributed by atoms with Crippen LogP contribution in [-0.2, 0) is 6.61 Å². The van der Waals surface area contributed by atoms with E-state index in [1.807, 2.05) is 30.3 Å². The lowest BCUT2D eigenvalue weighted by Crippen LogP contribution is -1.91. The molecule has 1 heterocycles. The normalized spacial score (nSPS) is 10.7. The van der Waals surface area contributed by atoms with Crippen molar-refractivity contribution in [2.75, 3.05) is 0 Å². The van der Waals surface area contributed by atoms with Gasteiger partial charge in [0.25, 0.3) is 0 Å². The monoisotopic (exact) mass is 318 g/mol. The highest BCUT2D eigenvalue weighted by atomic mass is 79.9. The van der Waals surface area contributed by atoms with Crippen LogP contribution in [0.25, 0.3) is 10.1 Å². The molecule has 90 valence electrons. The molecule has 3 aromatic rings. The molecular weight excluding hydrogens is 308 g/mol. The molecule has 3 rings (SSSR count). The van der Waals surface area contributed by atoms with Gasteiger partial charge >= 0.3 is 0 Å². The van der Waals surface area contributed by atoms with E-state index in [9.17, 15) is 0 Å².